The second kappa shape index (κ2) is 5.87. The van der Waals surface area contributed by atoms with Crippen molar-refractivity contribution in [3.63, 3.8) is 0 Å². The largest absolute Gasteiger partial charge is 0.481 e. The van der Waals surface area contributed by atoms with E-state index in [1.54, 1.807) is 0 Å². The van der Waals surface area contributed by atoms with Crippen molar-refractivity contribution in [3.8, 4) is 0 Å². The molecular formula is C12H20O4. The summed E-state index contributed by atoms with van der Waals surface area (Å²) in [5.41, 5.74) is 0. The van der Waals surface area contributed by atoms with Gasteiger partial charge in [0.25, 0.3) is 0 Å². The van der Waals surface area contributed by atoms with Crippen molar-refractivity contribution in [2.24, 2.45) is 17.8 Å². The minimum Gasteiger partial charge on any atom is -0.481 e. The van der Waals surface area contributed by atoms with Gasteiger partial charge < -0.3 is 9.84 Å². The molecule has 0 radical (unpaired) electrons. The predicted octanol–water partition coefficient (Wildman–Crippen LogP) is 2.08. The maximum atomic E-state index is 11.5. The van der Waals surface area contributed by atoms with Crippen LogP contribution in [0.4, 0.5) is 0 Å². The Labute approximate surface area is 96.0 Å². The molecule has 1 rings (SSSR count). The normalized spacial score (nSPS) is 27.1. The molecule has 1 aliphatic rings. The summed E-state index contributed by atoms with van der Waals surface area (Å²) >= 11 is 0. The van der Waals surface area contributed by atoms with Crippen LogP contribution in [-0.4, -0.2) is 24.2 Å². The predicted molar refractivity (Wildman–Crippen MR) is 58.9 cm³/mol. The maximum Gasteiger partial charge on any atom is 0.320 e. The number of ether oxygens (including phenoxy) is 1. The van der Waals surface area contributed by atoms with Crippen molar-refractivity contribution in [2.45, 2.75) is 39.0 Å². The van der Waals surface area contributed by atoms with E-state index in [4.69, 9.17) is 5.11 Å². The number of hydrogen-bond donors (Lipinski definition) is 1. The summed E-state index contributed by atoms with van der Waals surface area (Å²) in [4.78, 5) is 22.7. The molecule has 0 amide bonds. The Balaban J connectivity index is 2.82. The average Bonchev–Trinajstić information content (AvgIpc) is 2.29. The molecule has 1 aliphatic carbocycles. The molecule has 1 saturated carbocycles. The van der Waals surface area contributed by atoms with E-state index in [9.17, 15) is 9.59 Å². The number of carboxylic acid groups (broad SMARTS) is 1. The van der Waals surface area contributed by atoms with Gasteiger partial charge in [0.1, 0.15) is 0 Å². The first-order chi connectivity index (χ1) is 7.61. The van der Waals surface area contributed by atoms with Crippen LogP contribution in [0.25, 0.3) is 0 Å². The van der Waals surface area contributed by atoms with Crippen LogP contribution < -0.4 is 0 Å². The van der Waals surface area contributed by atoms with Gasteiger partial charge in [-0.05, 0) is 18.3 Å². The van der Waals surface area contributed by atoms with Crippen LogP contribution in [0.5, 0.6) is 0 Å². The third-order valence-electron chi connectivity index (χ3n) is 3.64. The van der Waals surface area contributed by atoms with E-state index in [1.165, 1.54) is 7.11 Å². The third kappa shape index (κ3) is 2.74. The number of rotatable bonds is 4. The summed E-state index contributed by atoms with van der Waals surface area (Å²) in [5.74, 6) is -2.33. The van der Waals surface area contributed by atoms with Gasteiger partial charge in [0, 0.05) is 0 Å². The van der Waals surface area contributed by atoms with E-state index in [-0.39, 0.29) is 5.92 Å². The van der Waals surface area contributed by atoms with Crippen LogP contribution in [-0.2, 0) is 14.3 Å². The van der Waals surface area contributed by atoms with Gasteiger partial charge in [0.15, 0.2) is 5.92 Å². The van der Waals surface area contributed by atoms with E-state index < -0.39 is 17.9 Å². The number of aliphatic carboxylic acids is 1. The van der Waals surface area contributed by atoms with Gasteiger partial charge in [-0.25, -0.2) is 0 Å². The molecule has 92 valence electrons. The lowest BCUT2D eigenvalue weighted by Crippen LogP contribution is -2.37. The van der Waals surface area contributed by atoms with Crippen molar-refractivity contribution in [1.82, 2.24) is 0 Å². The van der Waals surface area contributed by atoms with Crippen LogP contribution in [0.1, 0.15) is 39.0 Å². The van der Waals surface area contributed by atoms with Crippen LogP contribution in [0, 0.1) is 17.8 Å². The van der Waals surface area contributed by atoms with Gasteiger partial charge in [0.05, 0.1) is 7.11 Å². The molecule has 0 bridgehead atoms. The highest BCUT2D eigenvalue weighted by molar-refractivity contribution is 5.94. The van der Waals surface area contributed by atoms with Crippen molar-refractivity contribution >= 4 is 11.9 Å². The second-order valence-corrected chi connectivity index (χ2v) is 4.46. The zero-order chi connectivity index (χ0) is 12.1. The second-order valence-electron chi connectivity index (χ2n) is 4.46. The summed E-state index contributed by atoms with van der Waals surface area (Å²) in [6.07, 6.45) is 4.95. The van der Waals surface area contributed by atoms with Crippen LogP contribution in [0.15, 0.2) is 0 Å². The smallest absolute Gasteiger partial charge is 0.320 e. The van der Waals surface area contributed by atoms with Crippen molar-refractivity contribution in [2.75, 3.05) is 7.11 Å². The van der Waals surface area contributed by atoms with Crippen molar-refractivity contribution in [3.05, 3.63) is 0 Å². The summed E-state index contributed by atoms with van der Waals surface area (Å²) in [5, 5.41) is 9.14. The minimum atomic E-state index is -1.04. The summed E-state index contributed by atoms with van der Waals surface area (Å²) in [6, 6.07) is 0. The Hall–Kier alpha value is -1.06. The molecule has 0 aliphatic heterocycles. The fourth-order valence-corrected chi connectivity index (χ4v) is 2.77. The molecule has 0 saturated heterocycles. The topological polar surface area (TPSA) is 63.6 Å². The molecule has 3 unspecified atom stereocenters. The lowest BCUT2D eigenvalue weighted by Gasteiger charge is -2.33. The molecule has 3 atom stereocenters. The molecule has 1 N–H and O–H groups in total. The monoisotopic (exact) mass is 228 g/mol. The average molecular weight is 228 g/mol. The van der Waals surface area contributed by atoms with E-state index in [2.05, 4.69) is 11.7 Å². The Kier molecular flexibility index (Phi) is 4.77. The maximum absolute atomic E-state index is 11.5. The Morgan fingerprint density at radius 1 is 1.38 bits per heavy atom. The van der Waals surface area contributed by atoms with Crippen LogP contribution in [0.2, 0.25) is 0 Å². The molecule has 1 fully saturated rings. The first kappa shape index (κ1) is 13.0. The highest BCUT2D eigenvalue weighted by Crippen LogP contribution is 2.37. The molecule has 0 spiro atoms. The minimum absolute atomic E-state index is 0.0521. The van der Waals surface area contributed by atoms with E-state index in [0.717, 1.165) is 32.1 Å². The number of methoxy groups -OCH3 is 1. The molecule has 4 heteroatoms. The molecule has 16 heavy (non-hydrogen) atoms. The number of carboxylic acids is 1. The highest BCUT2D eigenvalue weighted by atomic mass is 16.5. The van der Waals surface area contributed by atoms with Gasteiger partial charge in [-0.2, -0.15) is 0 Å². The number of carbonyl (C=O) groups is 2. The summed E-state index contributed by atoms with van der Waals surface area (Å²) in [6.45, 7) is 2.05. The van der Waals surface area contributed by atoms with Crippen molar-refractivity contribution in [1.29, 1.82) is 0 Å². The van der Waals surface area contributed by atoms with E-state index in [1.807, 2.05) is 0 Å². The first-order valence-electron chi connectivity index (χ1n) is 5.92. The highest BCUT2D eigenvalue weighted by Gasteiger charge is 2.40. The number of esters is 1. The fraction of sp³-hybridized carbons (Fsp3) is 0.833. The first-order valence-corrected chi connectivity index (χ1v) is 5.92. The molecule has 0 aromatic heterocycles. The fourth-order valence-electron chi connectivity index (χ4n) is 2.77. The van der Waals surface area contributed by atoms with Gasteiger partial charge in [-0.1, -0.05) is 32.6 Å². The van der Waals surface area contributed by atoms with Gasteiger partial charge >= 0.3 is 11.9 Å². The number of hydrogen-bond acceptors (Lipinski definition) is 3. The van der Waals surface area contributed by atoms with Crippen LogP contribution >= 0.6 is 0 Å². The quantitative estimate of drug-likeness (QED) is 0.591. The number of carbonyl (C=O) groups excluding carboxylic acids is 1. The molecule has 0 heterocycles. The Morgan fingerprint density at radius 2 is 2.00 bits per heavy atom. The Bertz CT molecular complexity index is 262. The third-order valence-corrected chi connectivity index (χ3v) is 3.64. The standard InChI is InChI=1S/C12H20O4/c1-3-8-6-4-5-7-9(8)10(11(13)14)12(15)16-2/h8-10H,3-7H2,1-2H3,(H,13,14). The molecule has 0 aromatic rings. The van der Waals surface area contributed by atoms with Gasteiger partial charge in [0.2, 0.25) is 0 Å². The zero-order valence-electron chi connectivity index (χ0n) is 9.94. The van der Waals surface area contributed by atoms with Crippen LogP contribution in [0.3, 0.4) is 0 Å². The molecular weight excluding hydrogens is 208 g/mol. The molecule has 0 aromatic carbocycles. The van der Waals surface area contributed by atoms with E-state index in [0.29, 0.717) is 5.92 Å². The summed E-state index contributed by atoms with van der Waals surface area (Å²) < 4.78 is 4.60. The zero-order valence-corrected chi connectivity index (χ0v) is 9.94. The van der Waals surface area contributed by atoms with Gasteiger partial charge in [-0.3, -0.25) is 9.59 Å². The SMILES string of the molecule is CCC1CCCCC1C(C(=O)O)C(=O)OC. The van der Waals surface area contributed by atoms with Crippen molar-refractivity contribution < 1.29 is 19.4 Å². The Morgan fingerprint density at radius 3 is 2.50 bits per heavy atom. The van der Waals surface area contributed by atoms with E-state index >= 15 is 0 Å². The lowest BCUT2D eigenvalue weighted by molar-refractivity contribution is -0.161. The lowest BCUT2D eigenvalue weighted by atomic mass is 9.71. The molecule has 4 nitrogen and oxygen atoms in total. The van der Waals surface area contributed by atoms with Gasteiger partial charge in [-0.15, -0.1) is 0 Å². The summed E-state index contributed by atoms with van der Waals surface area (Å²) in [7, 11) is 1.25.